The molecule has 0 aromatic heterocycles. The van der Waals surface area contributed by atoms with Gasteiger partial charge in [0.1, 0.15) is 0 Å². The number of ether oxygens (including phenoxy) is 1. The Morgan fingerprint density at radius 1 is 1.19 bits per heavy atom. The van der Waals surface area contributed by atoms with Crippen molar-refractivity contribution in [2.75, 3.05) is 6.61 Å². The lowest BCUT2D eigenvalue weighted by Crippen LogP contribution is -2.22. The molecule has 0 aliphatic carbocycles. The van der Waals surface area contributed by atoms with Crippen molar-refractivity contribution in [1.82, 2.24) is 0 Å². The highest BCUT2D eigenvalue weighted by molar-refractivity contribution is 5.13. The Kier molecular flexibility index (Phi) is 6.08. The van der Waals surface area contributed by atoms with E-state index in [-0.39, 0.29) is 0 Å². The van der Waals surface area contributed by atoms with Gasteiger partial charge in [-0.1, -0.05) is 30.3 Å². The standard InChI is InChI=1S/C13H20O3/c1-11(14)13(15)8-5-9-16-10-12-6-3-2-4-7-12/h2-4,6-7,11,13-15H,5,8-10H2,1H3/t11-,13-/m0/s1. The number of hydrogen-bond donors (Lipinski definition) is 2. The Balaban J connectivity index is 2.04. The predicted molar refractivity (Wildman–Crippen MR) is 63.0 cm³/mol. The number of hydrogen-bond acceptors (Lipinski definition) is 3. The maximum atomic E-state index is 9.34. The zero-order valence-electron chi connectivity index (χ0n) is 9.67. The first-order valence-corrected chi connectivity index (χ1v) is 5.68. The van der Waals surface area contributed by atoms with E-state index >= 15 is 0 Å². The van der Waals surface area contributed by atoms with Crippen molar-refractivity contribution in [3.8, 4) is 0 Å². The van der Waals surface area contributed by atoms with E-state index in [9.17, 15) is 5.11 Å². The third kappa shape index (κ3) is 5.26. The Labute approximate surface area is 96.7 Å². The minimum atomic E-state index is -0.658. The van der Waals surface area contributed by atoms with Crippen molar-refractivity contribution in [2.24, 2.45) is 0 Å². The summed E-state index contributed by atoms with van der Waals surface area (Å²) in [6.07, 6.45) is 0.0418. The molecule has 90 valence electrons. The first-order valence-electron chi connectivity index (χ1n) is 5.68. The summed E-state index contributed by atoms with van der Waals surface area (Å²) < 4.78 is 5.46. The fourth-order valence-electron chi connectivity index (χ4n) is 1.40. The van der Waals surface area contributed by atoms with E-state index < -0.39 is 12.2 Å². The van der Waals surface area contributed by atoms with Crippen LogP contribution in [0.15, 0.2) is 30.3 Å². The molecule has 0 heterocycles. The van der Waals surface area contributed by atoms with Crippen molar-refractivity contribution in [3.05, 3.63) is 35.9 Å². The number of rotatable bonds is 7. The van der Waals surface area contributed by atoms with Crippen LogP contribution in [0.25, 0.3) is 0 Å². The van der Waals surface area contributed by atoms with Gasteiger partial charge in [0, 0.05) is 6.61 Å². The summed E-state index contributed by atoms with van der Waals surface area (Å²) in [6.45, 7) is 2.81. The summed E-state index contributed by atoms with van der Waals surface area (Å²) in [5, 5.41) is 18.4. The highest BCUT2D eigenvalue weighted by Gasteiger charge is 2.09. The van der Waals surface area contributed by atoms with E-state index in [1.54, 1.807) is 6.92 Å². The van der Waals surface area contributed by atoms with Gasteiger partial charge in [0.25, 0.3) is 0 Å². The zero-order valence-corrected chi connectivity index (χ0v) is 9.67. The van der Waals surface area contributed by atoms with E-state index in [1.165, 1.54) is 0 Å². The second kappa shape index (κ2) is 7.39. The normalized spacial score (nSPS) is 14.7. The molecule has 0 saturated heterocycles. The van der Waals surface area contributed by atoms with Crippen LogP contribution < -0.4 is 0 Å². The van der Waals surface area contributed by atoms with Gasteiger partial charge >= 0.3 is 0 Å². The molecule has 0 radical (unpaired) electrons. The minimum Gasteiger partial charge on any atom is -0.391 e. The highest BCUT2D eigenvalue weighted by atomic mass is 16.5. The second-order valence-electron chi connectivity index (χ2n) is 3.99. The van der Waals surface area contributed by atoms with Crippen molar-refractivity contribution in [3.63, 3.8) is 0 Å². The SMILES string of the molecule is C[C@H](O)[C@@H](O)CCCOCc1ccccc1. The lowest BCUT2D eigenvalue weighted by atomic mass is 10.1. The van der Waals surface area contributed by atoms with Gasteiger partial charge < -0.3 is 14.9 Å². The monoisotopic (exact) mass is 224 g/mol. The molecule has 0 fully saturated rings. The lowest BCUT2D eigenvalue weighted by Gasteiger charge is -2.12. The summed E-state index contributed by atoms with van der Waals surface area (Å²) in [5.74, 6) is 0. The fraction of sp³-hybridized carbons (Fsp3) is 0.538. The van der Waals surface area contributed by atoms with Gasteiger partial charge in [0.05, 0.1) is 18.8 Å². The van der Waals surface area contributed by atoms with Crippen LogP contribution in [0, 0.1) is 0 Å². The first kappa shape index (κ1) is 13.2. The molecule has 0 saturated carbocycles. The van der Waals surface area contributed by atoms with Gasteiger partial charge in [0.15, 0.2) is 0 Å². The molecule has 0 unspecified atom stereocenters. The minimum absolute atomic E-state index is 0.576. The molecule has 1 aromatic rings. The van der Waals surface area contributed by atoms with Gasteiger partial charge in [-0.3, -0.25) is 0 Å². The average molecular weight is 224 g/mol. The Bertz CT molecular complexity index is 272. The molecule has 1 aromatic carbocycles. The van der Waals surface area contributed by atoms with Crippen LogP contribution in [0.4, 0.5) is 0 Å². The van der Waals surface area contributed by atoms with Crippen LogP contribution in [0.1, 0.15) is 25.3 Å². The molecule has 2 atom stereocenters. The van der Waals surface area contributed by atoms with Gasteiger partial charge in [-0.2, -0.15) is 0 Å². The van der Waals surface area contributed by atoms with Gasteiger partial charge in [-0.05, 0) is 25.3 Å². The third-order valence-corrected chi connectivity index (χ3v) is 2.46. The van der Waals surface area contributed by atoms with Crippen molar-refractivity contribution >= 4 is 0 Å². The van der Waals surface area contributed by atoms with Crippen molar-refractivity contribution in [1.29, 1.82) is 0 Å². The Morgan fingerprint density at radius 2 is 1.88 bits per heavy atom. The molecule has 2 N–H and O–H groups in total. The molecule has 0 aliphatic heterocycles. The molecule has 16 heavy (non-hydrogen) atoms. The van der Waals surface area contributed by atoms with E-state index in [2.05, 4.69) is 0 Å². The summed E-state index contributed by atoms with van der Waals surface area (Å²) >= 11 is 0. The molecule has 3 heteroatoms. The predicted octanol–water partition coefficient (Wildman–Crippen LogP) is 1.73. The topological polar surface area (TPSA) is 49.7 Å². The zero-order chi connectivity index (χ0) is 11.8. The van der Waals surface area contributed by atoms with Crippen molar-refractivity contribution < 1.29 is 14.9 Å². The van der Waals surface area contributed by atoms with E-state index in [4.69, 9.17) is 9.84 Å². The van der Waals surface area contributed by atoms with Crippen LogP contribution in [-0.4, -0.2) is 29.0 Å². The van der Waals surface area contributed by atoms with Gasteiger partial charge in [0.2, 0.25) is 0 Å². The average Bonchev–Trinajstić information content (AvgIpc) is 2.29. The smallest absolute Gasteiger partial charge is 0.0797 e. The summed E-state index contributed by atoms with van der Waals surface area (Å²) in [6, 6.07) is 9.98. The summed E-state index contributed by atoms with van der Waals surface area (Å²) in [4.78, 5) is 0. The van der Waals surface area contributed by atoms with Crippen LogP contribution in [0.2, 0.25) is 0 Å². The molecular weight excluding hydrogens is 204 g/mol. The van der Waals surface area contributed by atoms with E-state index in [0.717, 1.165) is 12.0 Å². The summed E-state index contributed by atoms with van der Waals surface area (Å²) in [7, 11) is 0. The number of aliphatic hydroxyl groups excluding tert-OH is 2. The van der Waals surface area contributed by atoms with Crippen LogP contribution in [-0.2, 0) is 11.3 Å². The quantitative estimate of drug-likeness (QED) is 0.693. The maximum Gasteiger partial charge on any atom is 0.0797 e. The number of aliphatic hydroxyl groups is 2. The van der Waals surface area contributed by atoms with Crippen LogP contribution in [0.3, 0.4) is 0 Å². The molecule has 0 amide bonds. The first-order chi connectivity index (χ1) is 7.70. The van der Waals surface area contributed by atoms with Crippen LogP contribution >= 0.6 is 0 Å². The van der Waals surface area contributed by atoms with Gasteiger partial charge in [-0.25, -0.2) is 0 Å². The van der Waals surface area contributed by atoms with Gasteiger partial charge in [-0.15, -0.1) is 0 Å². The molecule has 0 aliphatic rings. The Hall–Kier alpha value is -0.900. The second-order valence-corrected chi connectivity index (χ2v) is 3.99. The summed E-state index contributed by atoms with van der Waals surface area (Å²) in [5.41, 5.74) is 1.15. The van der Waals surface area contributed by atoms with Crippen molar-refractivity contribution in [2.45, 2.75) is 38.6 Å². The third-order valence-electron chi connectivity index (χ3n) is 2.46. The molecular formula is C13H20O3. The van der Waals surface area contributed by atoms with E-state index in [0.29, 0.717) is 19.6 Å². The fourth-order valence-corrected chi connectivity index (χ4v) is 1.40. The van der Waals surface area contributed by atoms with E-state index in [1.807, 2.05) is 30.3 Å². The lowest BCUT2D eigenvalue weighted by molar-refractivity contribution is 0.0175. The molecule has 3 nitrogen and oxygen atoms in total. The molecule has 0 bridgehead atoms. The maximum absolute atomic E-state index is 9.34. The molecule has 1 rings (SSSR count). The largest absolute Gasteiger partial charge is 0.391 e. The highest BCUT2D eigenvalue weighted by Crippen LogP contribution is 2.04. The molecule has 0 spiro atoms. The van der Waals surface area contributed by atoms with Crippen LogP contribution in [0.5, 0.6) is 0 Å². The number of benzene rings is 1. The Morgan fingerprint density at radius 3 is 2.50 bits per heavy atom.